The molecule has 0 amide bonds. The van der Waals surface area contributed by atoms with Crippen LogP contribution in [0.3, 0.4) is 0 Å². The number of benzene rings is 2. The summed E-state index contributed by atoms with van der Waals surface area (Å²) >= 11 is 0. The third-order valence-corrected chi connectivity index (χ3v) is 5.27. The van der Waals surface area contributed by atoms with Crippen molar-refractivity contribution < 1.29 is 0 Å². The van der Waals surface area contributed by atoms with Gasteiger partial charge in [0.1, 0.15) is 0 Å². The second kappa shape index (κ2) is 4.13. The van der Waals surface area contributed by atoms with Crippen molar-refractivity contribution in [2.45, 2.75) is 38.8 Å². The molecule has 0 saturated carbocycles. The van der Waals surface area contributed by atoms with Gasteiger partial charge in [0.2, 0.25) is 5.95 Å². The van der Waals surface area contributed by atoms with Crippen molar-refractivity contribution in [3.63, 3.8) is 0 Å². The summed E-state index contributed by atoms with van der Waals surface area (Å²) in [5.41, 5.74) is 4.65. The Kier molecular flexibility index (Phi) is 2.51. The lowest BCUT2D eigenvalue weighted by atomic mass is 9.83. The number of hydrogen-bond donors (Lipinski definition) is 1. The summed E-state index contributed by atoms with van der Waals surface area (Å²) in [6.45, 7) is 9.02. The molecule has 0 unspecified atom stereocenters. The van der Waals surface area contributed by atoms with Crippen LogP contribution in [0.4, 0.5) is 5.95 Å². The Morgan fingerprint density at radius 1 is 0.909 bits per heavy atom. The lowest BCUT2D eigenvalue weighted by Crippen LogP contribution is -2.46. The number of aromatic nitrogens is 2. The van der Waals surface area contributed by atoms with Gasteiger partial charge in [0, 0.05) is 5.56 Å². The van der Waals surface area contributed by atoms with E-state index < -0.39 is 0 Å². The molecule has 4 rings (SSSR count). The zero-order valence-electron chi connectivity index (χ0n) is 13.5. The molecule has 0 atom stereocenters. The van der Waals surface area contributed by atoms with Gasteiger partial charge in [0.15, 0.2) is 0 Å². The van der Waals surface area contributed by atoms with Crippen molar-refractivity contribution >= 4 is 17.0 Å². The largest absolute Gasteiger partial charge is 0.348 e. The molecule has 2 aromatic carbocycles. The Bertz CT molecular complexity index is 857. The van der Waals surface area contributed by atoms with Crippen molar-refractivity contribution in [2.24, 2.45) is 0 Å². The van der Waals surface area contributed by atoms with Gasteiger partial charge in [0.25, 0.3) is 0 Å². The van der Waals surface area contributed by atoms with Gasteiger partial charge in [-0.15, -0.1) is 0 Å². The maximum atomic E-state index is 4.82. The molecule has 0 saturated heterocycles. The molecule has 1 N–H and O–H groups in total. The molecule has 1 aliphatic heterocycles. The number of nitrogens with one attached hydrogen (secondary N) is 1. The minimum Gasteiger partial charge on any atom is -0.348 e. The van der Waals surface area contributed by atoms with Crippen LogP contribution in [0.5, 0.6) is 0 Å². The van der Waals surface area contributed by atoms with Crippen LogP contribution in [0, 0.1) is 0 Å². The standard InChI is InChI=1S/C19H21N3/c1-18(2)19(3,4)22-16-14(13-9-6-5-7-10-13)11-8-12-15(16)20-17(22)21-18/h5-12H,1-4H3,(H,20,21). The first-order valence-electron chi connectivity index (χ1n) is 7.77. The monoisotopic (exact) mass is 291 g/mol. The minimum absolute atomic E-state index is 0.0344. The van der Waals surface area contributed by atoms with Crippen molar-refractivity contribution in [3.8, 4) is 11.1 Å². The summed E-state index contributed by atoms with van der Waals surface area (Å²) < 4.78 is 2.37. The van der Waals surface area contributed by atoms with E-state index >= 15 is 0 Å². The van der Waals surface area contributed by atoms with E-state index in [1.807, 2.05) is 0 Å². The van der Waals surface area contributed by atoms with Gasteiger partial charge >= 0.3 is 0 Å². The number of nitrogens with zero attached hydrogens (tertiary/aromatic N) is 2. The number of anilines is 1. The SMILES string of the molecule is CC1(C)Nc2nc3cccc(-c4ccccc4)c3n2C1(C)C. The quantitative estimate of drug-likeness (QED) is 0.707. The Labute approximate surface area is 131 Å². The van der Waals surface area contributed by atoms with E-state index in [0.717, 1.165) is 11.5 Å². The summed E-state index contributed by atoms with van der Waals surface area (Å²) in [4.78, 5) is 4.82. The fraction of sp³-hybridized carbons (Fsp3) is 0.316. The minimum atomic E-state index is -0.0536. The van der Waals surface area contributed by atoms with Crippen LogP contribution < -0.4 is 5.32 Å². The van der Waals surface area contributed by atoms with Gasteiger partial charge < -0.3 is 9.88 Å². The summed E-state index contributed by atoms with van der Waals surface area (Å²) in [5, 5.41) is 3.58. The van der Waals surface area contributed by atoms with E-state index in [4.69, 9.17) is 4.98 Å². The third kappa shape index (κ3) is 1.59. The molecule has 1 aromatic heterocycles. The highest BCUT2D eigenvalue weighted by Crippen LogP contribution is 2.45. The predicted molar refractivity (Wildman–Crippen MR) is 92.2 cm³/mol. The molecule has 0 spiro atoms. The molecule has 1 aliphatic rings. The summed E-state index contributed by atoms with van der Waals surface area (Å²) in [5.74, 6) is 0.966. The molecule has 22 heavy (non-hydrogen) atoms. The fourth-order valence-electron chi connectivity index (χ4n) is 3.32. The second-order valence-corrected chi connectivity index (χ2v) is 7.12. The first-order chi connectivity index (χ1) is 10.4. The number of imidazole rings is 1. The normalized spacial score (nSPS) is 18.2. The molecule has 0 fully saturated rings. The number of para-hydroxylation sites is 1. The van der Waals surface area contributed by atoms with Crippen molar-refractivity contribution in [2.75, 3.05) is 5.32 Å². The zero-order valence-corrected chi connectivity index (χ0v) is 13.5. The van der Waals surface area contributed by atoms with Crippen LogP contribution in [-0.2, 0) is 5.54 Å². The maximum absolute atomic E-state index is 4.82. The van der Waals surface area contributed by atoms with Gasteiger partial charge in [-0.25, -0.2) is 4.98 Å². The van der Waals surface area contributed by atoms with Crippen molar-refractivity contribution in [3.05, 3.63) is 48.5 Å². The lowest BCUT2D eigenvalue weighted by Gasteiger charge is -2.36. The van der Waals surface area contributed by atoms with Gasteiger partial charge in [-0.1, -0.05) is 42.5 Å². The van der Waals surface area contributed by atoms with Crippen LogP contribution in [0.1, 0.15) is 27.7 Å². The average molecular weight is 291 g/mol. The molecule has 3 aromatic rings. The fourth-order valence-corrected chi connectivity index (χ4v) is 3.32. The van der Waals surface area contributed by atoms with E-state index in [-0.39, 0.29) is 11.1 Å². The topological polar surface area (TPSA) is 29.9 Å². The van der Waals surface area contributed by atoms with E-state index in [0.29, 0.717) is 0 Å². The second-order valence-electron chi connectivity index (χ2n) is 7.12. The highest BCUT2D eigenvalue weighted by molar-refractivity contribution is 5.94. The molecule has 3 nitrogen and oxygen atoms in total. The first-order valence-corrected chi connectivity index (χ1v) is 7.77. The molecule has 2 heterocycles. The van der Waals surface area contributed by atoms with Gasteiger partial charge in [0.05, 0.1) is 22.1 Å². The lowest BCUT2D eigenvalue weighted by molar-refractivity contribution is 0.270. The molecule has 0 aliphatic carbocycles. The van der Waals surface area contributed by atoms with Crippen molar-refractivity contribution in [1.29, 1.82) is 0 Å². The van der Waals surface area contributed by atoms with Crippen LogP contribution in [0.25, 0.3) is 22.2 Å². The average Bonchev–Trinajstić information content (AvgIpc) is 2.92. The highest BCUT2D eigenvalue weighted by atomic mass is 15.3. The third-order valence-electron chi connectivity index (χ3n) is 5.27. The van der Waals surface area contributed by atoms with Crippen LogP contribution >= 0.6 is 0 Å². The van der Waals surface area contributed by atoms with Crippen LogP contribution in [0.15, 0.2) is 48.5 Å². The number of rotatable bonds is 1. The summed E-state index contributed by atoms with van der Waals surface area (Å²) in [7, 11) is 0. The van der Waals surface area contributed by atoms with E-state index in [9.17, 15) is 0 Å². The molecule has 112 valence electrons. The van der Waals surface area contributed by atoms with Crippen LogP contribution in [0.2, 0.25) is 0 Å². The predicted octanol–water partition coefficient (Wildman–Crippen LogP) is 4.64. The van der Waals surface area contributed by atoms with E-state index in [1.54, 1.807) is 0 Å². The van der Waals surface area contributed by atoms with Gasteiger partial charge in [-0.3, -0.25) is 0 Å². The van der Waals surface area contributed by atoms with E-state index in [1.165, 1.54) is 16.6 Å². The smallest absolute Gasteiger partial charge is 0.204 e. The first kappa shape index (κ1) is 13.4. The van der Waals surface area contributed by atoms with Crippen LogP contribution in [-0.4, -0.2) is 15.1 Å². The zero-order chi connectivity index (χ0) is 15.5. The summed E-state index contributed by atoms with van der Waals surface area (Å²) in [6.07, 6.45) is 0. The number of fused-ring (bicyclic) bond motifs is 3. The van der Waals surface area contributed by atoms with Gasteiger partial charge in [-0.05, 0) is 39.3 Å². The molecule has 3 heteroatoms. The Morgan fingerprint density at radius 2 is 1.64 bits per heavy atom. The van der Waals surface area contributed by atoms with Gasteiger partial charge in [-0.2, -0.15) is 0 Å². The maximum Gasteiger partial charge on any atom is 0.204 e. The Morgan fingerprint density at radius 3 is 2.36 bits per heavy atom. The molecule has 0 bridgehead atoms. The Hall–Kier alpha value is -2.29. The Balaban J connectivity index is 2.08. The number of hydrogen-bond acceptors (Lipinski definition) is 2. The van der Waals surface area contributed by atoms with E-state index in [2.05, 4.69) is 86.1 Å². The molecular formula is C19H21N3. The summed E-state index contributed by atoms with van der Waals surface area (Å²) in [6, 6.07) is 16.9. The van der Waals surface area contributed by atoms with Crippen molar-refractivity contribution in [1.82, 2.24) is 9.55 Å². The molecular weight excluding hydrogens is 270 g/mol. The highest BCUT2D eigenvalue weighted by Gasteiger charge is 2.47. The molecule has 0 radical (unpaired) electrons.